The fourth-order valence-corrected chi connectivity index (χ4v) is 3.41. The zero-order valence-electron chi connectivity index (χ0n) is 12.7. The summed E-state index contributed by atoms with van der Waals surface area (Å²) in [6.45, 7) is 4.63. The molecule has 3 rings (SSSR count). The molecule has 0 saturated carbocycles. The molecule has 3 nitrogen and oxygen atoms in total. The molecule has 2 N–H and O–H groups in total. The monoisotopic (exact) mass is 315 g/mol. The third-order valence-electron chi connectivity index (χ3n) is 4.36. The van der Waals surface area contributed by atoms with Crippen LogP contribution in [-0.4, -0.2) is 37.6 Å². The Hall–Kier alpha value is -1.55. The molecule has 1 heterocycles. The van der Waals surface area contributed by atoms with Crippen molar-refractivity contribution in [3.05, 3.63) is 65.2 Å². The largest absolute Gasteiger partial charge is 0.369 e. The number of hydrogen-bond donors (Lipinski definition) is 1. The first-order valence-electron chi connectivity index (χ1n) is 7.78. The summed E-state index contributed by atoms with van der Waals surface area (Å²) in [5.41, 5.74) is 8.47. The number of halogens is 1. The Morgan fingerprint density at radius 3 is 2.18 bits per heavy atom. The van der Waals surface area contributed by atoms with Crippen LogP contribution in [0.25, 0.3) is 0 Å². The van der Waals surface area contributed by atoms with Crippen LogP contribution >= 0.6 is 11.6 Å². The van der Waals surface area contributed by atoms with Gasteiger partial charge in [-0.3, -0.25) is 4.90 Å². The minimum Gasteiger partial charge on any atom is -0.369 e. The Morgan fingerprint density at radius 1 is 0.909 bits per heavy atom. The summed E-state index contributed by atoms with van der Waals surface area (Å²) in [5.74, 6) is 0. The number of hydrogen-bond acceptors (Lipinski definition) is 3. The molecule has 116 valence electrons. The normalized spacial score (nSPS) is 17.5. The average Bonchev–Trinajstić information content (AvgIpc) is 2.59. The number of nitrogens with two attached hydrogens (primary N) is 1. The number of para-hydroxylation sites is 1. The number of anilines is 1. The topological polar surface area (TPSA) is 32.5 Å². The Morgan fingerprint density at radius 2 is 1.55 bits per heavy atom. The van der Waals surface area contributed by atoms with E-state index in [1.165, 1.54) is 5.69 Å². The summed E-state index contributed by atoms with van der Waals surface area (Å²) < 4.78 is 0. The lowest BCUT2D eigenvalue weighted by Crippen LogP contribution is -2.49. The second kappa shape index (κ2) is 7.14. The SMILES string of the molecule is NCC(c1ccccc1Cl)N1CCN(c2ccccc2)CC1. The minimum atomic E-state index is 0.201. The van der Waals surface area contributed by atoms with Gasteiger partial charge in [0.1, 0.15) is 0 Å². The summed E-state index contributed by atoms with van der Waals surface area (Å²) in [6, 6.07) is 18.8. The zero-order valence-corrected chi connectivity index (χ0v) is 13.4. The lowest BCUT2D eigenvalue weighted by molar-refractivity contribution is 0.190. The predicted octanol–water partition coefficient (Wildman–Crippen LogP) is 3.16. The van der Waals surface area contributed by atoms with Crippen molar-refractivity contribution in [1.29, 1.82) is 0 Å². The molecule has 0 spiro atoms. The molecule has 1 fully saturated rings. The molecule has 22 heavy (non-hydrogen) atoms. The maximum Gasteiger partial charge on any atom is 0.0486 e. The molecule has 1 aliphatic rings. The van der Waals surface area contributed by atoms with Crippen molar-refractivity contribution in [1.82, 2.24) is 4.90 Å². The van der Waals surface area contributed by atoms with Crippen LogP contribution in [0.2, 0.25) is 5.02 Å². The van der Waals surface area contributed by atoms with Crippen molar-refractivity contribution in [3.63, 3.8) is 0 Å². The quantitative estimate of drug-likeness (QED) is 0.940. The van der Waals surface area contributed by atoms with Gasteiger partial charge in [-0.2, -0.15) is 0 Å². The van der Waals surface area contributed by atoms with Crippen LogP contribution in [0.5, 0.6) is 0 Å². The van der Waals surface area contributed by atoms with Crippen molar-refractivity contribution < 1.29 is 0 Å². The third kappa shape index (κ3) is 3.27. The van der Waals surface area contributed by atoms with Crippen LogP contribution in [0, 0.1) is 0 Å². The molecule has 2 aromatic rings. The van der Waals surface area contributed by atoms with E-state index >= 15 is 0 Å². The van der Waals surface area contributed by atoms with Crippen molar-refractivity contribution >= 4 is 17.3 Å². The summed E-state index contributed by atoms with van der Waals surface area (Å²) in [7, 11) is 0. The van der Waals surface area contributed by atoms with Crippen LogP contribution in [0.1, 0.15) is 11.6 Å². The van der Waals surface area contributed by atoms with Crippen molar-refractivity contribution in [2.75, 3.05) is 37.6 Å². The fraction of sp³-hybridized carbons (Fsp3) is 0.333. The molecule has 0 aliphatic carbocycles. The molecule has 1 atom stereocenters. The smallest absolute Gasteiger partial charge is 0.0486 e. The van der Waals surface area contributed by atoms with Gasteiger partial charge in [0, 0.05) is 49.5 Å². The van der Waals surface area contributed by atoms with Crippen molar-refractivity contribution in [2.45, 2.75) is 6.04 Å². The summed E-state index contributed by atoms with van der Waals surface area (Å²) >= 11 is 6.35. The van der Waals surface area contributed by atoms with Gasteiger partial charge in [-0.25, -0.2) is 0 Å². The summed E-state index contributed by atoms with van der Waals surface area (Å²) in [4.78, 5) is 4.87. The van der Waals surface area contributed by atoms with Gasteiger partial charge in [0.25, 0.3) is 0 Å². The molecule has 0 aromatic heterocycles. The van der Waals surface area contributed by atoms with Gasteiger partial charge >= 0.3 is 0 Å². The molecular weight excluding hydrogens is 294 g/mol. The van der Waals surface area contributed by atoms with E-state index in [0.717, 1.165) is 36.8 Å². The second-order valence-corrected chi connectivity index (χ2v) is 6.04. The Labute approximate surface area is 137 Å². The molecule has 1 saturated heterocycles. The fourth-order valence-electron chi connectivity index (χ4n) is 3.15. The van der Waals surface area contributed by atoms with Gasteiger partial charge in [-0.1, -0.05) is 48.0 Å². The highest BCUT2D eigenvalue weighted by atomic mass is 35.5. The van der Waals surface area contributed by atoms with Crippen molar-refractivity contribution in [2.24, 2.45) is 5.73 Å². The first kappa shape index (κ1) is 15.3. The van der Waals surface area contributed by atoms with E-state index < -0.39 is 0 Å². The average molecular weight is 316 g/mol. The van der Waals surface area contributed by atoms with E-state index in [1.807, 2.05) is 18.2 Å². The van der Waals surface area contributed by atoms with Crippen LogP contribution in [0.15, 0.2) is 54.6 Å². The first-order chi connectivity index (χ1) is 10.8. The standard InChI is InChI=1S/C18H22ClN3/c19-17-9-5-4-8-16(17)18(14-20)22-12-10-21(11-13-22)15-6-2-1-3-7-15/h1-9,18H,10-14,20H2. The van der Waals surface area contributed by atoms with Gasteiger partial charge < -0.3 is 10.6 Å². The summed E-state index contributed by atoms with van der Waals surface area (Å²) in [6.07, 6.45) is 0. The third-order valence-corrected chi connectivity index (χ3v) is 4.71. The minimum absolute atomic E-state index is 0.201. The maximum atomic E-state index is 6.35. The van der Waals surface area contributed by atoms with Crippen molar-refractivity contribution in [3.8, 4) is 0 Å². The van der Waals surface area contributed by atoms with E-state index in [0.29, 0.717) is 6.54 Å². The van der Waals surface area contributed by atoms with Gasteiger partial charge in [-0.05, 0) is 23.8 Å². The highest BCUT2D eigenvalue weighted by molar-refractivity contribution is 6.31. The van der Waals surface area contributed by atoms with E-state index in [-0.39, 0.29) is 6.04 Å². The molecular formula is C18H22ClN3. The Balaban J connectivity index is 1.68. The predicted molar refractivity (Wildman–Crippen MR) is 93.5 cm³/mol. The van der Waals surface area contributed by atoms with E-state index in [1.54, 1.807) is 0 Å². The molecule has 1 aliphatic heterocycles. The highest BCUT2D eigenvalue weighted by Crippen LogP contribution is 2.28. The number of rotatable bonds is 4. The van der Waals surface area contributed by atoms with Gasteiger partial charge in [-0.15, -0.1) is 0 Å². The number of benzene rings is 2. The summed E-state index contributed by atoms with van der Waals surface area (Å²) in [5, 5.41) is 0.809. The highest BCUT2D eigenvalue weighted by Gasteiger charge is 2.25. The lowest BCUT2D eigenvalue weighted by atomic mass is 10.0. The maximum absolute atomic E-state index is 6.35. The van der Waals surface area contributed by atoms with Gasteiger partial charge in [0.05, 0.1) is 0 Å². The first-order valence-corrected chi connectivity index (χ1v) is 8.16. The van der Waals surface area contributed by atoms with Crippen LogP contribution in [0.3, 0.4) is 0 Å². The van der Waals surface area contributed by atoms with E-state index in [4.69, 9.17) is 17.3 Å². The molecule has 1 unspecified atom stereocenters. The van der Waals surface area contributed by atoms with Crippen LogP contribution in [0.4, 0.5) is 5.69 Å². The van der Waals surface area contributed by atoms with Crippen LogP contribution < -0.4 is 10.6 Å². The molecule has 4 heteroatoms. The molecule has 0 amide bonds. The van der Waals surface area contributed by atoms with E-state index in [2.05, 4.69) is 46.2 Å². The molecule has 0 radical (unpaired) electrons. The lowest BCUT2D eigenvalue weighted by Gasteiger charge is -2.40. The van der Waals surface area contributed by atoms with Crippen LogP contribution in [-0.2, 0) is 0 Å². The molecule has 2 aromatic carbocycles. The number of piperazine rings is 1. The molecule has 0 bridgehead atoms. The van der Waals surface area contributed by atoms with Gasteiger partial charge in [0.2, 0.25) is 0 Å². The van der Waals surface area contributed by atoms with E-state index in [9.17, 15) is 0 Å². The zero-order chi connectivity index (χ0) is 15.4. The Kier molecular flexibility index (Phi) is 4.98. The number of nitrogens with zero attached hydrogens (tertiary/aromatic N) is 2. The Bertz CT molecular complexity index is 594. The van der Waals surface area contributed by atoms with Gasteiger partial charge in [0.15, 0.2) is 0 Å². The second-order valence-electron chi connectivity index (χ2n) is 5.63.